The van der Waals surface area contributed by atoms with Gasteiger partial charge in [0.15, 0.2) is 0 Å². The van der Waals surface area contributed by atoms with E-state index < -0.39 is 27.9 Å². The highest BCUT2D eigenvalue weighted by Crippen LogP contribution is 2.25. The molecule has 35 heavy (non-hydrogen) atoms. The van der Waals surface area contributed by atoms with Crippen LogP contribution in [0.2, 0.25) is 0 Å². The van der Waals surface area contributed by atoms with E-state index in [1.54, 1.807) is 0 Å². The smallest absolute Gasteiger partial charge is 0.323 e. The third-order valence-electron chi connectivity index (χ3n) is 6.45. The number of β-lactam (4-membered cyclic amide) rings is 1. The number of sulfonamides is 1. The van der Waals surface area contributed by atoms with E-state index in [9.17, 15) is 27.5 Å². The Morgan fingerprint density at radius 3 is 2.57 bits per heavy atom. The first-order valence-electron chi connectivity index (χ1n) is 11.5. The molecule has 2 N–H and O–H groups in total. The molecule has 1 aromatic heterocycles. The van der Waals surface area contributed by atoms with E-state index in [2.05, 4.69) is 16.9 Å². The molecule has 2 aliphatic rings. The summed E-state index contributed by atoms with van der Waals surface area (Å²) in [4.78, 5) is 30.0. The van der Waals surface area contributed by atoms with Gasteiger partial charge in [0.2, 0.25) is 15.9 Å². The summed E-state index contributed by atoms with van der Waals surface area (Å²) >= 11 is 0. The number of carbonyl (C=O) groups excluding carboxylic acids is 1. The first-order valence-corrected chi connectivity index (χ1v) is 13.0. The maximum Gasteiger partial charge on any atom is 0.323 e. The van der Waals surface area contributed by atoms with Gasteiger partial charge in [0.1, 0.15) is 11.9 Å². The second-order valence-corrected chi connectivity index (χ2v) is 10.6. The summed E-state index contributed by atoms with van der Waals surface area (Å²) in [6, 6.07) is 6.79. The molecule has 2 atom stereocenters. The molecule has 1 aliphatic carbocycles. The zero-order chi connectivity index (χ0) is 24.3. The Hall–Kier alpha value is -2.50. The van der Waals surface area contributed by atoms with Gasteiger partial charge >= 0.3 is 5.97 Å². The van der Waals surface area contributed by atoms with Crippen LogP contribution in [-0.2, 0) is 38.9 Å². The SMILES string of the molecule is O=C(O)[C@H](CN1CC(CCCc2ccc3c(n2)CCCC3)C1=O)NS(=O)(=O)c1ccc(F)cc1.S. The minimum absolute atomic E-state index is 0. The summed E-state index contributed by atoms with van der Waals surface area (Å²) in [5.74, 6) is -2.36. The zero-order valence-corrected chi connectivity index (χ0v) is 21.1. The minimum atomic E-state index is -4.18. The van der Waals surface area contributed by atoms with Crippen LogP contribution < -0.4 is 4.72 Å². The predicted octanol–water partition coefficient (Wildman–Crippen LogP) is 2.43. The highest BCUT2D eigenvalue weighted by atomic mass is 32.2. The number of carboxylic acid groups (broad SMARTS) is 1. The summed E-state index contributed by atoms with van der Waals surface area (Å²) in [6.45, 7) is 0.121. The third-order valence-corrected chi connectivity index (χ3v) is 7.93. The largest absolute Gasteiger partial charge is 0.480 e. The number of carboxylic acids is 1. The minimum Gasteiger partial charge on any atom is -0.480 e. The first kappa shape index (κ1) is 27.1. The fourth-order valence-electron chi connectivity index (χ4n) is 4.51. The fourth-order valence-corrected chi connectivity index (χ4v) is 5.69. The lowest BCUT2D eigenvalue weighted by Crippen LogP contribution is -2.58. The number of aryl methyl sites for hydroxylation is 3. The van der Waals surface area contributed by atoms with Crippen LogP contribution in [0, 0.1) is 11.7 Å². The van der Waals surface area contributed by atoms with Crippen LogP contribution in [0.4, 0.5) is 4.39 Å². The summed E-state index contributed by atoms with van der Waals surface area (Å²) < 4.78 is 40.1. The third kappa shape index (κ3) is 6.59. The number of pyridine rings is 1. The van der Waals surface area contributed by atoms with Crippen molar-refractivity contribution in [3.8, 4) is 0 Å². The molecule has 2 heterocycles. The maximum atomic E-state index is 13.1. The van der Waals surface area contributed by atoms with Crippen molar-refractivity contribution in [1.29, 1.82) is 0 Å². The van der Waals surface area contributed by atoms with E-state index in [0.29, 0.717) is 13.0 Å². The summed E-state index contributed by atoms with van der Waals surface area (Å²) in [7, 11) is -4.18. The number of halogens is 1. The predicted molar refractivity (Wildman–Crippen MR) is 132 cm³/mol. The van der Waals surface area contributed by atoms with E-state index >= 15 is 0 Å². The van der Waals surface area contributed by atoms with Gasteiger partial charge in [0.05, 0.1) is 10.8 Å². The van der Waals surface area contributed by atoms with E-state index in [0.717, 1.165) is 55.6 Å². The molecule has 8 nitrogen and oxygen atoms in total. The van der Waals surface area contributed by atoms with E-state index in [4.69, 9.17) is 4.98 Å². The van der Waals surface area contributed by atoms with Gasteiger partial charge in [0.25, 0.3) is 0 Å². The molecule has 4 rings (SSSR count). The molecule has 0 bridgehead atoms. The Balaban J connectivity index is 0.00000342. The number of likely N-dealkylation sites (tertiary alicyclic amines) is 1. The number of hydrogen-bond donors (Lipinski definition) is 2. The molecule has 11 heteroatoms. The molecule has 1 amide bonds. The molecular weight excluding hydrogens is 493 g/mol. The monoisotopic (exact) mass is 523 g/mol. The Labute approximate surface area is 211 Å². The van der Waals surface area contributed by atoms with Crippen LogP contribution in [0.15, 0.2) is 41.3 Å². The highest BCUT2D eigenvalue weighted by molar-refractivity contribution is 7.89. The van der Waals surface area contributed by atoms with Gasteiger partial charge in [-0.05, 0) is 80.8 Å². The van der Waals surface area contributed by atoms with Crippen molar-refractivity contribution in [2.24, 2.45) is 5.92 Å². The Kier molecular flexibility index (Phi) is 8.89. The lowest BCUT2D eigenvalue weighted by molar-refractivity contribution is -0.150. The van der Waals surface area contributed by atoms with Crippen molar-refractivity contribution in [2.45, 2.75) is 55.9 Å². The van der Waals surface area contributed by atoms with E-state index in [-0.39, 0.29) is 36.8 Å². The van der Waals surface area contributed by atoms with Crippen molar-refractivity contribution >= 4 is 35.4 Å². The van der Waals surface area contributed by atoms with Gasteiger partial charge in [0, 0.05) is 24.5 Å². The lowest BCUT2D eigenvalue weighted by Gasteiger charge is -2.40. The Morgan fingerprint density at radius 1 is 1.17 bits per heavy atom. The van der Waals surface area contributed by atoms with Crippen LogP contribution in [0.5, 0.6) is 0 Å². The molecular formula is C24H30FN3O5S2. The molecule has 0 spiro atoms. The molecule has 2 aromatic rings. The average molecular weight is 524 g/mol. The lowest BCUT2D eigenvalue weighted by atomic mass is 9.91. The first-order chi connectivity index (χ1) is 16.2. The molecule has 190 valence electrons. The second kappa shape index (κ2) is 11.5. The Bertz CT molecular complexity index is 1170. The van der Waals surface area contributed by atoms with E-state index in [1.165, 1.54) is 29.0 Å². The molecule has 1 saturated heterocycles. The topological polar surface area (TPSA) is 117 Å². The summed E-state index contributed by atoms with van der Waals surface area (Å²) in [5.41, 5.74) is 3.56. The number of aromatic nitrogens is 1. The number of nitrogens with zero attached hydrogens (tertiary/aromatic N) is 2. The number of hydrogen-bond acceptors (Lipinski definition) is 5. The average Bonchev–Trinajstić information content (AvgIpc) is 2.82. The number of benzene rings is 1. The van der Waals surface area contributed by atoms with Crippen molar-refractivity contribution in [3.05, 3.63) is 59.2 Å². The number of aliphatic carboxylic acids is 1. The number of amides is 1. The van der Waals surface area contributed by atoms with Crippen molar-refractivity contribution < 1.29 is 27.5 Å². The van der Waals surface area contributed by atoms with Gasteiger partial charge in [-0.15, -0.1) is 0 Å². The fraction of sp³-hybridized carbons (Fsp3) is 0.458. The van der Waals surface area contributed by atoms with Gasteiger partial charge in [-0.1, -0.05) is 6.07 Å². The van der Waals surface area contributed by atoms with Crippen molar-refractivity contribution in [1.82, 2.24) is 14.6 Å². The van der Waals surface area contributed by atoms with Crippen molar-refractivity contribution in [3.63, 3.8) is 0 Å². The van der Waals surface area contributed by atoms with Crippen LogP contribution >= 0.6 is 13.5 Å². The highest BCUT2D eigenvalue weighted by Gasteiger charge is 2.39. The molecule has 1 unspecified atom stereocenters. The molecule has 0 saturated carbocycles. The van der Waals surface area contributed by atoms with Gasteiger partial charge in [-0.25, -0.2) is 12.8 Å². The van der Waals surface area contributed by atoms with Crippen LogP contribution in [0.3, 0.4) is 0 Å². The number of nitrogens with one attached hydrogen (secondary N) is 1. The van der Waals surface area contributed by atoms with Crippen LogP contribution in [0.1, 0.15) is 42.6 Å². The van der Waals surface area contributed by atoms with Crippen LogP contribution in [-0.4, -0.2) is 54.4 Å². The molecule has 1 aliphatic heterocycles. The number of rotatable bonds is 10. The van der Waals surface area contributed by atoms with Gasteiger partial charge < -0.3 is 10.0 Å². The standard InChI is InChI=1S/C24H28FN3O5S.H2S/c25-18-9-12-20(13-10-18)34(32,33)27-22(24(30)31)15-28-14-17(23(28)29)5-3-6-19-11-8-16-4-1-2-7-21(16)26-19;/h8-13,17,22,27H,1-7,14-15H2,(H,30,31);1H2/t17?,22-;/m0./s1. The molecule has 1 aromatic carbocycles. The maximum absolute atomic E-state index is 13.1. The number of carbonyl (C=O) groups is 2. The molecule has 1 fully saturated rings. The Morgan fingerprint density at radius 2 is 1.89 bits per heavy atom. The zero-order valence-electron chi connectivity index (χ0n) is 19.2. The normalized spacial score (nSPS) is 18.3. The van der Waals surface area contributed by atoms with Crippen LogP contribution in [0.25, 0.3) is 0 Å². The van der Waals surface area contributed by atoms with E-state index in [1.807, 2.05) is 0 Å². The second-order valence-electron chi connectivity index (χ2n) is 8.91. The summed E-state index contributed by atoms with van der Waals surface area (Å²) in [5, 5.41) is 9.47. The summed E-state index contributed by atoms with van der Waals surface area (Å²) in [6.07, 6.45) is 6.76. The van der Waals surface area contributed by atoms with Gasteiger partial charge in [-0.2, -0.15) is 18.2 Å². The van der Waals surface area contributed by atoms with Gasteiger partial charge in [-0.3, -0.25) is 14.6 Å². The molecule has 0 radical (unpaired) electrons. The number of fused-ring (bicyclic) bond motifs is 1. The van der Waals surface area contributed by atoms with Crippen molar-refractivity contribution in [2.75, 3.05) is 13.1 Å². The quantitative estimate of drug-likeness (QED) is 0.462.